The molecule has 0 bridgehead atoms. The van der Waals surface area contributed by atoms with Crippen LogP contribution in [-0.4, -0.2) is 11.8 Å². The molecule has 1 atom stereocenters. The Morgan fingerprint density at radius 3 is 2.65 bits per heavy atom. The molecule has 0 N–H and O–H groups in total. The van der Waals surface area contributed by atoms with Crippen LogP contribution in [0.4, 0.5) is 0 Å². The Hall–Kier alpha value is -1.02. The first-order chi connectivity index (χ1) is 8.27. The van der Waals surface area contributed by atoms with Crippen LogP contribution in [0.3, 0.4) is 0 Å². The second-order valence-corrected chi connectivity index (χ2v) is 4.35. The van der Waals surface area contributed by atoms with Crippen LogP contribution in [0, 0.1) is 0 Å². The van der Waals surface area contributed by atoms with Gasteiger partial charge in [0.15, 0.2) is 0 Å². The fourth-order valence-electron chi connectivity index (χ4n) is 1.60. The Labute approximate surface area is 108 Å². The van der Waals surface area contributed by atoms with Gasteiger partial charge >= 0.3 is 5.97 Å². The molecule has 94 valence electrons. The molecular formula is C14H19ClO2. The molecule has 0 fully saturated rings. The SMILES string of the molecule is CCCCC(=O)O[C@H](CCCl)c1ccccc1. The smallest absolute Gasteiger partial charge is 0.306 e. The number of benzene rings is 1. The topological polar surface area (TPSA) is 26.3 Å². The van der Waals surface area contributed by atoms with Crippen molar-refractivity contribution in [2.24, 2.45) is 0 Å². The highest BCUT2D eigenvalue weighted by Crippen LogP contribution is 2.22. The van der Waals surface area contributed by atoms with Gasteiger partial charge in [-0.25, -0.2) is 0 Å². The van der Waals surface area contributed by atoms with E-state index in [1.54, 1.807) is 0 Å². The van der Waals surface area contributed by atoms with Crippen LogP contribution in [0.5, 0.6) is 0 Å². The van der Waals surface area contributed by atoms with Crippen molar-refractivity contribution < 1.29 is 9.53 Å². The number of halogens is 1. The predicted octanol–water partition coefficient (Wildman–Crippen LogP) is 4.09. The summed E-state index contributed by atoms with van der Waals surface area (Å²) in [5, 5.41) is 0. The van der Waals surface area contributed by atoms with E-state index in [0.29, 0.717) is 18.7 Å². The third-order valence-electron chi connectivity index (χ3n) is 2.55. The minimum absolute atomic E-state index is 0.134. The Morgan fingerprint density at radius 2 is 2.06 bits per heavy atom. The Morgan fingerprint density at radius 1 is 1.35 bits per heavy atom. The molecule has 0 spiro atoms. The number of rotatable bonds is 7. The normalized spacial score (nSPS) is 12.1. The van der Waals surface area contributed by atoms with Crippen LogP contribution in [0.2, 0.25) is 0 Å². The molecule has 0 saturated carbocycles. The van der Waals surface area contributed by atoms with E-state index in [1.165, 1.54) is 0 Å². The third-order valence-corrected chi connectivity index (χ3v) is 2.77. The molecule has 17 heavy (non-hydrogen) atoms. The zero-order chi connectivity index (χ0) is 12.5. The van der Waals surface area contributed by atoms with Gasteiger partial charge in [0.2, 0.25) is 0 Å². The largest absolute Gasteiger partial charge is 0.457 e. The standard InChI is InChI=1S/C14H19ClO2/c1-2-3-9-14(16)17-13(10-11-15)12-7-5-4-6-8-12/h4-8,13H,2-3,9-11H2,1H3/t13-/m1/s1. The molecule has 0 aliphatic rings. The number of alkyl halides is 1. The Kier molecular flexibility index (Phi) is 6.71. The summed E-state index contributed by atoms with van der Waals surface area (Å²) >= 11 is 5.74. The molecule has 1 rings (SSSR count). The molecule has 0 saturated heterocycles. The number of hydrogen-bond acceptors (Lipinski definition) is 2. The van der Waals surface area contributed by atoms with Crippen molar-refractivity contribution in [3.8, 4) is 0 Å². The maximum atomic E-state index is 11.6. The third kappa shape index (κ3) is 5.22. The van der Waals surface area contributed by atoms with E-state index in [4.69, 9.17) is 16.3 Å². The van der Waals surface area contributed by atoms with Crippen LogP contribution in [0.25, 0.3) is 0 Å². The van der Waals surface area contributed by atoms with Crippen molar-refractivity contribution in [1.82, 2.24) is 0 Å². The van der Waals surface area contributed by atoms with Gasteiger partial charge < -0.3 is 4.74 Å². The molecule has 0 radical (unpaired) electrons. The average molecular weight is 255 g/mol. The number of esters is 1. The van der Waals surface area contributed by atoms with Crippen molar-refractivity contribution >= 4 is 17.6 Å². The van der Waals surface area contributed by atoms with Crippen LogP contribution < -0.4 is 0 Å². The number of carbonyl (C=O) groups is 1. The van der Waals surface area contributed by atoms with Crippen molar-refractivity contribution in [2.75, 3.05) is 5.88 Å². The number of unbranched alkanes of at least 4 members (excludes halogenated alkanes) is 1. The quantitative estimate of drug-likeness (QED) is 0.541. The highest BCUT2D eigenvalue weighted by molar-refractivity contribution is 6.17. The molecule has 1 aromatic carbocycles. The molecular weight excluding hydrogens is 236 g/mol. The summed E-state index contributed by atoms with van der Waals surface area (Å²) in [4.78, 5) is 11.6. The van der Waals surface area contributed by atoms with Gasteiger partial charge in [-0.15, -0.1) is 11.6 Å². The molecule has 2 nitrogen and oxygen atoms in total. The summed E-state index contributed by atoms with van der Waals surface area (Å²) in [7, 11) is 0. The predicted molar refractivity (Wildman–Crippen MR) is 70.1 cm³/mol. The first-order valence-corrected chi connectivity index (χ1v) is 6.61. The van der Waals surface area contributed by atoms with Gasteiger partial charge in [-0.3, -0.25) is 4.79 Å². The van der Waals surface area contributed by atoms with Gasteiger partial charge in [0.1, 0.15) is 6.10 Å². The minimum atomic E-state index is -0.210. The highest BCUT2D eigenvalue weighted by Gasteiger charge is 2.15. The average Bonchev–Trinajstić information content (AvgIpc) is 2.37. The van der Waals surface area contributed by atoms with Crippen LogP contribution >= 0.6 is 11.6 Å². The summed E-state index contributed by atoms with van der Waals surface area (Å²) in [6.07, 6.45) is 2.81. The first-order valence-electron chi connectivity index (χ1n) is 6.08. The van der Waals surface area contributed by atoms with Gasteiger partial charge in [0.05, 0.1) is 0 Å². The van der Waals surface area contributed by atoms with E-state index in [0.717, 1.165) is 18.4 Å². The lowest BCUT2D eigenvalue weighted by Crippen LogP contribution is -2.11. The summed E-state index contributed by atoms with van der Waals surface area (Å²) < 4.78 is 5.46. The van der Waals surface area contributed by atoms with Crippen molar-refractivity contribution in [1.29, 1.82) is 0 Å². The van der Waals surface area contributed by atoms with Crippen LogP contribution in [0.1, 0.15) is 44.3 Å². The van der Waals surface area contributed by atoms with E-state index in [-0.39, 0.29) is 12.1 Å². The van der Waals surface area contributed by atoms with Gasteiger partial charge in [0, 0.05) is 18.7 Å². The van der Waals surface area contributed by atoms with E-state index < -0.39 is 0 Å². The zero-order valence-electron chi connectivity index (χ0n) is 10.2. The van der Waals surface area contributed by atoms with E-state index in [9.17, 15) is 4.79 Å². The summed E-state index contributed by atoms with van der Waals surface area (Å²) in [6, 6.07) is 9.75. The molecule has 0 unspecified atom stereocenters. The molecule has 0 aromatic heterocycles. The van der Waals surface area contributed by atoms with Crippen LogP contribution in [0.15, 0.2) is 30.3 Å². The van der Waals surface area contributed by atoms with Crippen LogP contribution in [-0.2, 0) is 9.53 Å². The lowest BCUT2D eigenvalue weighted by atomic mass is 10.1. The monoisotopic (exact) mass is 254 g/mol. The van der Waals surface area contributed by atoms with Crippen molar-refractivity contribution in [3.63, 3.8) is 0 Å². The van der Waals surface area contributed by atoms with E-state index >= 15 is 0 Å². The summed E-state index contributed by atoms with van der Waals surface area (Å²) in [5.41, 5.74) is 1.01. The molecule has 3 heteroatoms. The second kappa shape index (κ2) is 8.13. The summed E-state index contributed by atoms with van der Waals surface area (Å²) in [5.74, 6) is 0.353. The number of carbonyl (C=O) groups excluding carboxylic acids is 1. The van der Waals surface area contributed by atoms with Gasteiger partial charge in [-0.2, -0.15) is 0 Å². The molecule has 0 heterocycles. The van der Waals surface area contributed by atoms with Gasteiger partial charge in [-0.1, -0.05) is 43.7 Å². The maximum absolute atomic E-state index is 11.6. The van der Waals surface area contributed by atoms with Gasteiger partial charge in [0.25, 0.3) is 0 Å². The first kappa shape index (κ1) is 14.0. The lowest BCUT2D eigenvalue weighted by molar-refractivity contribution is -0.149. The number of hydrogen-bond donors (Lipinski definition) is 0. The fourth-order valence-corrected chi connectivity index (χ4v) is 1.80. The molecule has 1 aromatic rings. The van der Waals surface area contributed by atoms with E-state index in [1.807, 2.05) is 30.3 Å². The lowest BCUT2D eigenvalue weighted by Gasteiger charge is -2.17. The maximum Gasteiger partial charge on any atom is 0.306 e. The number of ether oxygens (including phenoxy) is 1. The zero-order valence-corrected chi connectivity index (χ0v) is 11.0. The Bertz CT molecular complexity index is 324. The minimum Gasteiger partial charge on any atom is -0.457 e. The molecule has 0 amide bonds. The Balaban J connectivity index is 2.57. The van der Waals surface area contributed by atoms with Crippen molar-refractivity contribution in [2.45, 2.75) is 38.7 Å². The highest BCUT2D eigenvalue weighted by atomic mass is 35.5. The molecule has 0 aliphatic heterocycles. The molecule has 0 aliphatic carbocycles. The second-order valence-electron chi connectivity index (χ2n) is 3.97. The summed E-state index contributed by atoms with van der Waals surface area (Å²) in [6.45, 7) is 2.06. The van der Waals surface area contributed by atoms with Gasteiger partial charge in [-0.05, 0) is 12.0 Å². The van der Waals surface area contributed by atoms with E-state index in [2.05, 4.69) is 6.92 Å². The fraction of sp³-hybridized carbons (Fsp3) is 0.500. The van der Waals surface area contributed by atoms with Crippen molar-refractivity contribution in [3.05, 3.63) is 35.9 Å².